The van der Waals surface area contributed by atoms with Crippen molar-refractivity contribution >= 4 is 11.7 Å². The van der Waals surface area contributed by atoms with E-state index in [9.17, 15) is 9.59 Å². The molecule has 1 atom stereocenters. The Morgan fingerprint density at radius 1 is 0.958 bits per heavy atom. The molecule has 24 heavy (non-hydrogen) atoms. The van der Waals surface area contributed by atoms with Crippen molar-refractivity contribution in [1.82, 2.24) is 5.32 Å². The molecule has 1 amide bonds. The Hall–Kier alpha value is -2.42. The minimum atomic E-state index is -0.0741. The number of benzene rings is 2. The molecule has 2 aromatic rings. The van der Waals surface area contributed by atoms with Crippen LogP contribution in [-0.2, 0) is 4.79 Å². The summed E-state index contributed by atoms with van der Waals surface area (Å²) in [5, 5.41) is 2.92. The van der Waals surface area contributed by atoms with Gasteiger partial charge in [-0.2, -0.15) is 0 Å². The fourth-order valence-corrected chi connectivity index (χ4v) is 2.54. The third-order valence-corrected chi connectivity index (χ3v) is 4.38. The molecular weight excluding hydrogens is 298 g/mol. The van der Waals surface area contributed by atoms with Crippen LogP contribution in [0.4, 0.5) is 0 Å². The van der Waals surface area contributed by atoms with Crippen LogP contribution in [0, 0.1) is 13.8 Å². The topological polar surface area (TPSA) is 46.2 Å². The van der Waals surface area contributed by atoms with Crippen molar-refractivity contribution in [3.05, 3.63) is 70.8 Å². The van der Waals surface area contributed by atoms with Crippen LogP contribution in [0.5, 0.6) is 0 Å². The molecular formula is C21H25NO2. The van der Waals surface area contributed by atoms with Gasteiger partial charge in [-0.1, -0.05) is 49.4 Å². The number of hydrogen-bond donors (Lipinski definition) is 1. The molecule has 0 aliphatic carbocycles. The van der Waals surface area contributed by atoms with E-state index in [2.05, 4.69) is 24.4 Å². The highest BCUT2D eigenvalue weighted by Crippen LogP contribution is 2.14. The van der Waals surface area contributed by atoms with Gasteiger partial charge in [0, 0.05) is 24.9 Å². The molecule has 3 heteroatoms. The van der Waals surface area contributed by atoms with Gasteiger partial charge in [0.1, 0.15) is 0 Å². The van der Waals surface area contributed by atoms with Crippen LogP contribution >= 0.6 is 0 Å². The molecule has 0 spiro atoms. The first kappa shape index (κ1) is 17.9. The van der Waals surface area contributed by atoms with Crippen molar-refractivity contribution in [2.45, 2.75) is 39.5 Å². The van der Waals surface area contributed by atoms with Crippen molar-refractivity contribution in [3.8, 4) is 0 Å². The molecule has 3 nitrogen and oxygen atoms in total. The highest BCUT2D eigenvalue weighted by molar-refractivity contribution is 5.98. The monoisotopic (exact) mass is 323 g/mol. The standard InChI is InChI=1S/C21H25NO2/c1-15-9-10-19(13-16(15)2)20(23)11-12-21(24)22-14-17(3)18-7-5-4-6-8-18/h4-10,13,17H,11-12,14H2,1-3H3,(H,22,24)/t17-/m0/s1. The number of amides is 1. The zero-order chi connectivity index (χ0) is 17.5. The van der Waals surface area contributed by atoms with Gasteiger partial charge in [-0.05, 0) is 42.5 Å². The van der Waals surface area contributed by atoms with Gasteiger partial charge in [0.05, 0.1) is 0 Å². The Balaban J connectivity index is 1.78. The fourth-order valence-electron chi connectivity index (χ4n) is 2.54. The second kappa shape index (κ2) is 8.44. The van der Waals surface area contributed by atoms with E-state index in [-0.39, 0.29) is 30.4 Å². The third kappa shape index (κ3) is 5.05. The van der Waals surface area contributed by atoms with Crippen molar-refractivity contribution < 1.29 is 9.59 Å². The Morgan fingerprint density at radius 3 is 2.33 bits per heavy atom. The highest BCUT2D eigenvalue weighted by Gasteiger charge is 2.11. The Kier molecular flexibility index (Phi) is 6.30. The summed E-state index contributed by atoms with van der Waals surface area (Å²) in [6, 6.07) is 15.8. The maximum atomic E-state index is 12.2. The summed E-state index contributed by atoms with van der Waals surface area (Å²) >= 11 is 0. The SMILES string of the molecule is Cc1ccc(C(=O)CCC(=O)NC[C@H](C)c2ccccc2)cc1C. The lowest BCUT2D eigenvalue weighted by atomic mass is 10.0. The number of aryl methyl sites for hydroxylation is 2. The fraction of sp³-hybridized carbons (Fsp3) is 0.333. The minimum Gasteiger partial charge on any atom is -0.355 e. The van der Waals surface area contributed by atoms with E-state index in [0.29, 0.717) is 12.1 Å². The van der Waals surface area contributed by atoms with Gasteiger partial charge in [0.25, 0.3) is 0 Å². The smallest absolute Gasteiger partial charge is 0.220 e. The molecule has 0 unspecified atom stereocenters. The summed E-state index contributed by atoms with van der Waals surface area (Å²) in [5.74, 6) is 0.199. The second-order valence-electron chi connectivity index (χ2n) is 6.34. The molecule has 2 aromatic carbocycles. The maximum absolute atomic E-state index is 12.2. The van der Waals surface area contributed by atoms with Crippen molar-refractivity contribution in [2.24, 2.45) is 0 Å². The summed E-state index contributed by atoms with van der Waals surface area (Å²) in [6.45, 7) is 6.67. The van der Waals surface area contributed by atoms with Gasteiger partial charge in [-0.25, -0.2) is 0 Å². The number of ketones is 1. The predicted octanol–water partition coefficient (Wildman–Crippen LogP) is 4.19. The van der Waals surface area contributed by atoms with Crippen LogP contribution in [-0.4, -0.2) is 18.2 Å². The molecule has 0 radical (unpaired) electrons. The van der Waals surface area contributed by atoms with Crippen LogP contribution in [0.2, 0.25) is 0 Å². The summed E-state index contributed by atoms with van der Waals surface area (Å²) in [7, 11) is 0. The van der Waals surface area contributed by atoms with Crippen LogP contribution in [0.25, 0.3) is 0 Å². The summed E-state index contributed by atoms with van der Waals surface area (Å²) in [6.07, 6.45) is 0.474. The normalized spacial score (nSPS) is 11.8. The summed E-state index contributed by atoms with van der Waals surface area (Å²) in [4.78, 5) is 24.2. The molecule has 0 aliphatic heterocycles. The van der Waals surface area contributed by atoms with Gasteiger partial charge < -0.3 is 5.32 Å². The molecule has 1 N–H and O–H groups in total. The molecule has 0 saturated heterocycles. The molecule has 2 rings (SSSR count). The van der Waals surface area contributed by atoms with E-state index in [1.54, 1.807) is 0 Å². The summed E-state index contributed by atoms with van der Waals surface area (Å²) < 4.78 is 0. The van der Waals surface area contributed by atoms with Crippen LogP contribution in [0.1, 0.15) is 52.7 Å². The zero-order valence-corrected chi connectivity index (χ0v) is 14.6. The lowest BCUT2D eigenvalue weighted by Gasteiger charge is -2.13. The Morgan fingerprint density at radius 2 is 1.67 bits per heavy atom. The number of nitrogens with one attached hydrogen (secondary N) is 1. The van der Waals surface area contributed by atoms with E-state index in [1.165, 1.54) is 11.1 Å². The molecule has 0 heterocycles. The quantitative estimate of drug-likeness (QED) is 0.777. The minimum absolute atomic E-state index is 0.0179. The van der Waals surface area contributed by atoms with Gasteiger partial charge in [0.15, 0.2) is 5.78 Å². The van der Waals surface area contributed by atoms with Gasteiger partial charge in [-0.3, -0.25) is 9.59 Å². The van der Waals surface area contributed by atoms with Crippen molar-refractivity contribution in [1.29, 1.82) is 0 Å². The zero-order valence-electron chi connectivity index (χ0n) is 14.6. The number of hydrogen-bond acceptors (Lipinski definition) is 2. The average Bonchev–Trinajstić information content (AvgIpc) is 2.60. The average molecular weight is 323 g/mol. The lowest BCUT2D eigenvalue weighted by molar-refractivity contribution is -0.121. The Bertz CT molecular complexity index is 707. The first-order chi connectivity index (χ1) is 11.5. The van der Waals surface area contributed by atoms with Gasteiger partial charge >= 0.3 is 0 Å². The second-order valence-corrected chi connectivity index (χ2v) is 6.34. The lowest BCUT2D eigenvalue weighted by Crippen LogP contribution is -2.27. The number of rotatable bonds is 7. The van der Waals surface area contributed by atoms with Gasteiger partial charge in [0.2, 0.25) is 5.91 Å². The molecule has 0 saturated carbocycles. The number of carbonyl (C=O) groups excluding carboxylic acids is 2. The first-order valence-corrected chi connectivity index (χ1v) is 8.39. The summed E-state index contributed by atoms with van der Waals surface area (Å²) in [5.41, 5.74) is 4.15. The largest absolute Gasteiger partial charge is 0.355 e. The van der Waals surface area contributed by atoms with E-state index >= 15 is 0 Å². The Labute approximate surface area is 144 Å². The maximum Gasteiger partial charge on any atom is 0.220 e. The van der Waals surface area contributed by atoms with E-state index < -0.39 is 0 Å². The molecule has 126 valence electrons. The molecule has 0 bridgehead atoms. The van der Waals surface area contributed by atoms with Crippen molar-refractivity contribution in [3.63, 3.8) is 0 Å². The van der Waals surface area contributed by atoms with Crippen LogP contribution in [0.15, 0.2) is 48.5 Å². The first-order valence-electron chi connectivity index (χ1n) is 8.39. The van der Waals surface area contributed by atoms with Crippen molar-refractivity contribution in [2.75, 3.05) is 6.54 Å². The van der Waals surface area contributed by atoms with E-state index in [0.717, 1.165) is 5.56 Å². The van der Waals surface area contributed by atoms with Crippen LogP contribution < -0.4 is 5.32 Å². The molecule has 0 aliphatic rings. The van der Waals surface area contributed by atoms with E-state index in [1.807, 2.05) is 50.2 Å². The molecule has 0 aromatic heterocycles. The number of carbonyl (C=O) groups is 2. The predicted molar refractivity (Wildman–Crippen MR) is 97.3 cm³/mol. The van der Waals surface area contributed by atoms with Gasteiger partial charge in [-0.15, -0.1) is 0 Å². The number of Topliss-reactive ketones (excluding diaryl/α,β-unsaturated/α-hetero) is 1. The van der Waals surface area contributed by atoms with E-state index in [4.69, 9.17) is 0 Å². The van der Waals surface area contributed by atoms with Crippen LogP contribution in [0.3, 0.4) is 0 Å². The third-order valence-electron chi connectivity index (χ3n) is 4.38. The highest BCUT2D eigenvalue weighted by atomic mass is 16.2. The molecule has 0 fully saturated rings.